The number of phenols is 1. The number of aliphatic carboxylic acids is 1. The highest BCUT2D eigenvalue weighted by atomic mass is 16.5. The molecule has 1 aliphatic rings. The molecule has 0 spiro atoms. The van der Waals surface area contributed by atoms with Gasteiger partial charge in [-0.3, -0.25) is 9.69 Å². The van der Waals surface area contributed by atoms with Crippen LogP contribution >= 0.6 is 0 Å². The number of carboxylic acids is 1. The van der Waals surface area contributed by atoms with E-state index in [2.05, 4.69) is 24.0 Å². The quantitative estimate of drug-likeness (QED) is 0.875. The predicted octanol–water partition coefficient (Wildman–Crippen LogP) is 3.08. The number of ether oxygens (including phenoxy) is 1. The second kappa shape index (κ2) is 7.68. The lowest BCUT2D eigenvalue weighted by molar-refractivity contribution is -0.136. The monoisotopic (exact) mass is 341 g/mol. The molecule has 0 aliphatic carbocycles. The maximum atomic E-state index is 10.9. The number of phenolic OH excluding ortho intramolecular Hbond substituents is 1. The molecule has 2 aromatic carbocycles. The number of hydrogen-bond donors (Lipinski definition) is 2. The normalized spacial score (nSPS) is 16.5. The third-order valence-corrected chi connectivity index (χ3v) is 4.71. The van der Waals surface area contributed by atoms with Crippen molar-refractivity contribution >= 4 is 5.97 Å². The number of hydrogen-bond acceptors (Lipinski definition) is 4. The van der Waals surface area contributed by atoms with E-state index in [-0.39, 0.29) is 12.2 Å². The number of rotatable bonds is 5. The fraction of sp³-hybridized carbons (Fsp3) is 0.350. The van der Waals surface area contributed by atoms with E-state index in [0.29, 0.717) is 17.2 Å². The summed E-state index contributed by atoms with van der Waals surface area (Å²) in [6.45, 7) is 5.59. The van der Waals surface area contributed by atoms with Gasteiger partial charge in [0.15, 0.2) is 0 Å². The van der Waals surface area contributed by atoms with E-state index < -0.39 is 5.97 Å². The van der Waals surface area contributed by atoms with Crippen molar-refractivity contribution in [2.45, 2.75) is 19.4 Å². The maximum absolute atomic E-state index is 10.9. The highest BCUT2D eigenvalue weighted by molar-refractivity contribution is 5.74. The zero-order valence-electron chi connectivity index (χ0n) is 14.3. The first-order valence-electron chi connectivity index (χ1n) is 8.50. The Morgan fingerprint density at radius 1 is 1.16 bits per heavy atom. The Morgan fingerprint density at radius 2 is 1.84 bits per heavy atom. The van der Waals surface area contributed by atoms with Crippen LogP contribution in [-0.4, -0.2) is 47.4 Å². The summed E-state index contributed by atoms with van der Waals surface area (Å²) in [5, 5.41) is 19.1. The summed E-state index contributed by atoms with van der Waals surface area (Å²) in [7, 11) is 0. The van der Waals surface area contributed by atoms with Crippen LogP contribution in [0.2, 0.25) is 0 Å². The molecule has 25 heavy (non-hydrogen) atoms. The molecule has 1 heterocycles. The lowest BCUT2D eigenvalue weighted by atomic mass is 9.98. The summed E-state index contributed by atoms with van der Waals surface area (Å²) in [6, 6.07) is 13.3. The van der Waals surface area contributed by atoms with E-state index in [4.69, 9.17) is 9.84 Å². The zero-order valence-corrected chi connectivity index (χ0v) is 14.3. The zero-order chi connectivity index (χ0) is 17.8. The molecule has 0 unspecified atom stereocenters. The van der Waals surface area contributed by atoms with Gasteiger partial charge in [-0.15, -0.1) is 0 Å². The van der Waals surface area contributed by atoms with Crippen molar-refractivity contribution < 1.29 is 19.7 Å². The molecule has 0 bridgehead atoms. The first kappa shape index (κ1) is 17.5. The van der Waals surface area contributed by atoms with E-state index in [9.17, 15) is 9.90 Å². The van der Waals surface area contributed by atoms with E-state index >= 15 is 0 Å². The van der Waals surface area contributed by atoms with Crippen molar-refractivity contribution in [3.8, 4) is 16.9 Å². The van der Waals surface area contributed by atoms with Crippen molar-refractivity contribution in [1.82, 2.24) is 4.90 Å². The van der Waals surface area contributed by atoms with Crippen LogP contribution < -0.4 is 0 Å². The molecule has 1 fully saturated rings. The third-order valence-electron chi connectivity index (χ3n) is 4.71. The smallest absolute Gasteiger partial charge is 0.307 e. The van der Waals surface area contributed by atoms with Gasteiger partial charge in [0.05, 0.1) is 19.6 Å². The second-order valence-electron chi connectivity index (χ2n) is 6.37. The number of nitrogens with zero attached hydrogens (tertiary/aromatic N) is 1. The average Bonchev–Trinajstić information content (AvgIpc) is 2.63. The molecule has 0 saturated carbocycles. The van der Waals surface area contributed by atoms with Crippen LogP contribution in [0.5, 0.6) is 5.75 Å². The molecular formula is C20H23NO4. The van der Waals surface area contributed by atoms with E-state index in [1.807, 2.05) is 12.1 Å². The van der Waals surface area contributed by atoms with Gasteiger partial charge in [0.25, 0.3) is 0 Å². The molecule has 1 aliphatic heterocycles. The lowest BCUT2D eigenvalue weighted by Gasteiger charge is -2.32. The van der Waals surface area contributed by atoms with Crippen LogP contribution in [0.4, 0.5) is 0 Å². The van der Waals surface area contributed by atoms with Crippen molar-refractivity contribution in [3.63, 3.8) is 0 Å². The fourth-order valence-electron chi connectivity index (χ4n) is 3.22. The molecule has 0 aromatic heterocycles. The van der Waals surface area contributed by atoms with Gasteiger partial charge in [0, 0.05) is 24.7 Å². The van der Waals surface area contributed by atoms with Crippen LogP contribution in [-0.2, 0) is 16.0 Å². The number of aromatic hydroxyl groups is 1. The SMILES string of the molecule is C[C@@H](c1ccc(-c2cc(CC(=O)O)ccc2O)cc1)N1CCOCC1. The topological polar surface area (TPSA) is 70.0 Å². The van der Waals surface area contributed by atoms with Gasteiger partial charge in [-0.05, 0) is 35.7 Å². The molecule has 5 nitrogen and oxygen atoms in total. The molecule has 0 amide bonds. The highest BCUT2D eigenvalue weighted by Crippen LogP contribution is 2.32. The van der Waals surface area contributed by atoms with E-state index in [0.717, 1.165) is 31.9 Å². The first-order chi connectivity index (χ1) is 12.0. The molecule has 1 saturated heterocycles. The Morgan fingerprint density at radius 3 is 2.48 bits per heavy atom. The van der Waals surface area contributed by atoms with Gasteiger partial charge in [0.1, 0.15) is 5.75 Å². The maximum Gasteiger partial charge on any atom is 0.307 e. The molecule has 0 radical (unpaired) electrons. The molecule has 1 atom stereocenters. The van der Waals surface area contributed by atoms with Crippen molar-refractivity contribution in [1.29, 1.82) is 0 Å². The van der Waals surface area contributed by atoms with Gasteiger partial charge in [-0.25, -0.2) is 0 Å². The van der Waals surface area contributed by atoms with Crippen molar-refractivity contribution in [2.24, 2.45) is 0 Å². The number of benzene rings is 2. The Labute approximate surface area is 147 Å². The summed E-state index contributed by atoms with van der Waals surface area (Å²) in [4.78, 5) is 13.3. The standard InChI is InChI=1S/C20H23NO4/c1-14(21-8-10-25-11-9-21)16-3-5-17(6-4-16)18-12-15(13-20(23)24)2-7-19(18)22/h2-7,12,14,22H,8-11,13H2,1H3,(H,23,24)/t14-/m0/s1. The Balaban J connectivity index is 1.81. The molecule has 5 heteroatoms. The second-order valence-corrected chi connectivity index (χ2v) is 6.37. The number of carboxylic acid groups (broad SMARTS) is 1. The summed E-state index contributed by atoms with van der Waals surface area (Å²) in [6.07, 6.45) is -0.0561. The Bertz CT molecular complexity index is 736. The van der Waals surface area contributed by atoms with E-state index in [1.165, 1.54) is 5.56 Å². The van der Waals surface area contributed by atoms with Gasteiger partial charge >= 0.3 is 5.97 Å². The average molecular weight is 341 g/mol. The summed E-state index contributed by atoms with van der Waals surface area (Å²) in [5.41, 5.74) is 3.42. The number of carbonyl (C=O) groups is 1. The molecule has 2 N–H and O–H groups in total. The van der Waals surface area contributed by atoms with Crippen LogP contribution in [0.25, 0.3) is 11.1 Å². The van der Waals surface area contributed by atoms with Crippen LogP contribution in [0.1, 0.15) is 24.1 Å². The van der Waals surface area contributed by atoms with E-state index in [1.54, 1.807) is 18.2 Å². The largest absolute Gasteiger partial charge is 0.507 e. The van der Waals surface area contributed by atoms with Crippen molar-refractivity contribution in [2.75, 3.05) is 26.3 Å². The predicted molar refractivity (Wildman–Crippen MR) is 95.7 cm³/mol. The molecule has 3 rings (SSSR count). The van der Waals surface area contributed by atoms with Gasteiger partial charge in [-0.1, -0.05) is 30.3 Å². The Kier molecular flexibility index (Phi) is 5.36. The van der Waals surface area contributed by atoms with Gasteiger partial charge < -0.3 is 14.9 Å². The minimum atomic E-state index is -0.883. The minimum Gasteiger partial charge on any atom is -0.507 e. The first-order valence-corrected chi connectivity index (χ1v) is 8.50. The van der Waals surface area contributed by atoms with Crippen LogP contribution in [0, 0.1) is 0 Å². The van der Waals surface area contributed by atoms with Crippen LogP contribution in [0.15, 0.2) is 42.5 Å². The summed E-state index contributed by atoms with van der Waals surface area (Å²) < 4.78 is 5.40. The molecular weight excluding hydrogens is 318 g/mol. The fourth-order valence-corrected chi connectivity index (χ4v) is 3.22. The Hall–Kier alpha value is -2.37. The molecule has 2 aromatic rings. The lowest BCUT2D eigenvalue weighted by Crippen LogP contribution is -2.37. The minimum absolute atomic E-state index is 0.0561. The van der Waals surface area contributed by atoms with Crippen molar-refractivity contribution in [3.05, 3.63) is 53.6 Å². The van der Waals surface area contributed by atoms with Gasteiger partial charge in [0.2, 0.25) is 0 Å². The van der Waals surface area contributed by atoms with Gasteiger partial charge in [-0.2, -0.15) is 0 Å². The summed E-state index contributed by atoms with van der Waals surface area (Å²) >= 11 is 0. The third kappa shape index (κ3) is 4.18. The number of morpholine rings is 1. The van der Waals surface area contributed by atoms with Crippen LogP contribution in [0.3, 0.4) is 0 Å². The summed E-state index contributed by atoms with van der Waals surface area (Å²) in [5.74, 6) is -0.727. The highest BCUT2D eigenvalue weighted by Gasteiger charge is 2.18. The molecule has 132 valence electrons.